The first kappa shape index (κ1) is 18.7. The van der Waals surface area contributed by atoms with E-state index >= 15 is 0 Å². The van der Waals surface area contributed by atoms with Crippen LogP contribution in [0.2, 0.25) is 5.02 Å². The van der Waals surface area contributed by atoms with Gasteiger partial charge < -0.3 is 10.4 Å². The molecule has 4 heteroatoms. The summed E-state index contributed by atoms with van der Waals surface area (Å²) in [5, 5.41) is 13.4. The van der Waals surface area contributed by atoms with Gasteiger partial charge in [0.1, 0.15) is 0 Å². The highest BCUT2D eigenvalue weighted by Crippen LogP contribution is 2.48. The van der Waals surface area contributed by atoms with Gasteiger partial charge in [0.25, 0.3) is 0 Å². The molecule has 4 rings (SSSR count). The minimum absolute atomic E-state index is 0.00444. The SMILES string of the molecule is O=C(NC(CO)c1ccccc1)[C@@H]1C[C@H]1c1cccc(-c2ccc(Cl)cc2)c1. The van der Waals surface area contributed by atoms with Gasteiger partial charge in [-0.15, -0.1) is 0 Å². The molecule has 0 aromatic heterocycles. The zero-order valence-corrected chi connectivity index (χ0v) is 16.1. The second-order valence-electron chi connectivity index (χ2n) is 7.24. The van der Waals surface area contributed by atoms with Gasteiger partial charge in [0.15, 0.2) is 0 Å². The van der Waals surface area contributed by atoms with Gasteiger partial charge >= 0.3 is 0 Å². The Kier molecular flexibility index (Phi) is 5.47. The maximum absolute atomic E-state index is 12.7. The molecule has 3 nitrogen and oxygen atoms in total. The highest BCUT2D eigenvalue weighted by molar-refractivity contribution is 6.30. The molecule has 0 aliphatic heterocycles. The maximum Gasteiger partial charge on any atom is 0.224 e. The highest BCUT2D eigenvalue weighted by atomic mass is 35.5. The molecule has 0 saturated heterocycles. The van der Waals surface area contributed by atoms with Gasteiger partial charge in [-0.05, 0) is 46.7 Å². The molecule has 1 unspecified atom stereocenters. The smallest absolute Gasteiger partial charge is 0.224 e. The molecular formula is C24H22ClNO2. The first-order valence-corrected chi connectivity index (χ1v) is 9.85. The lowest BCUT2D eigenvalue weighted by molar-refractivity contribution is -0.123. The molecule has 1 amide bonds. The van der Waals surface area contributed by atoms with E-state index in [1.165, 1.54) is 5.56 Å². The van der Waals surface area contributed by atoms with Crippen LogP contribution < -0.4 is 5.32 Å². The number of carbonyl (C=O) groups is 1. The maximum atomic E-state index is 12.7. The van der Waals surface area contributed by atoms with Gasteiger partial charge in [0.05, 0.1) is 12.6 Å². The van der Waals surface area contributed by atoms with Crippen molar-refractivity contribution in [3.63, 3.8) is 0 Å². The van der Waals surface area contributed by atoms with Gasteiger partial charge in [0.2, 0.25) is 5.91 Å². The van der Waals surface area contributed by atoms with Gasteiger partial charge in [-0.3, -0.25) is 4.79 Å². The van der Waals surface area contributed by atoms with E-state index in [1.54, 1.807) is 0 Å². The van der Waals surface area contributed by atoms with Crippen molar-refractivity contribution in [2.75, 3.05) is 6.61 Å². The normalized spacial score (nSPS) is 19.1. The Labute approximate surface area is 170 Å². The summed E-state index contributed by atoms with van der Waals surface area (Å²) in [7, 11) is 0. The molecule has 0 radical (unpaired) electrons. The number of hydrogen-bond acceptors (Lipinski definition) is 2. The minimum Gasteiger partial charge on any atom is -0.394 e. The number of amides is 1. The van der Waals surface area contributed by atoms with E-state index in [9.17, 15) is 9.90 Å². The van der Waals surface area contributed by atoms with Crippen molar-refractivity contribution >= 4 is 17.5 Å². The van der Waals surface area contributed by atoms with Crippen LogP contribution in [0.5, 0.6) is 0 Å². The number of halogens is 1. The molecular weight excluding hydrogens is 370 g/mol. The average Bonchev–Trinajstić information content (AvgIpc) is 3.54. The molecule has 1 fully saturated rings. The van der Waals surface area contributed by atoms with Crippen LogP contribution in [0.3, 0.4) is 0 Å². The number of hydrogen-bond donors (Lipinski definition) is 2. The molecule has 1 saturated carbocycles. The van der Waals surface area contributed by atoms with Crippen LogP contribution in [-0.4, -0.2) is 17.6 Å². The summed E-state index contributed by atoms with van der Waals surface area (Å²) in [6, 6.07) is 25.3. The van der Waals surface area contributed by atoms with Crippen LogP contribution in [-0.2, 0) is 4.79 Å². The van der Waals surface area contributed by atoms with Crippen LogP contribution in [0, 0.1) is 5.92 Å². The Morgan fingerprint density at radius 2 is 1.75 bits per heavy atom. The summed E-state index contributed by atoms with van der Waals surface area (Å²) in [5.74, 6) is 0.186. The number of nitrogens with one attached hydrogen (secondary N) is 1. The quantitative estimate of drug-likeness (QED) is 0.623. The molecule has 3 atom stereocenters. The summed E-state index contributed by atoms with van der Waals surface area (Å²) in [6.07, 6.45) is 0.836. The minimum atomic E-state index is -0.365. The summed E-state index contributed by atoms with van der Waals surface area (Å²) in [5.41, 5.74) is 4.32. The summed E-state index contributed by atoms with van der Waals surface area (Å²) in [6.45, 7) is -0.112. The van der Waals surface area contributed by atoms with Crippen molar-refractivity contribution in [3.8, 4) is 11.1 Å². The summed E-state index contributed by atoms with van der Waals surface area (Å²) >= 11 is 5.98. The van der Waals surface area contributed by atoms with E-state index in [0.717, 1.165) is 28.1 Å². The first-order valence-electron chi connectivity index (χ1n) is 9.48. The third-order valence-electron chi connectivity index (χ3n) is 5.32. The van der Waals surface area contributed by atoms with Crippen molar-refractivity contribution in [2.45, 2.75) is 18.4 Å². The Morgan fingerprint density at radius 3 is 2.46 bits per heavy atom. The zero-order chi connectivity index (χ0) is 19.5. The largest absolute Gasteiger partial charge is 0.394 e. The lowest BCUT2D eigenvalue weighted by Gasteiger charge is -2.16. The standard InChI is InChI=1S/C24H22ClNO2/c25-20-11-9-16(10-12-20)18-7-4-8-19(13-18)21-14-22(21)24(28)26-23(15-27)17-5-2-1-3-6-17/h1-13,21-23,27H,14-15H2,(H,26,28)/t21-,22+,23?/m0/s1. The van der Waals surface area contributed by atoms with Crippen molar-refractivity contribution in [2.24, 2.45) is 5.92 Å². The van der Waals surface area contributed by atoms with Crippen LogP contribution in [0.15, 0.2) is 78.9 Å². The van der Waals surface area contributed by atoms with Crippen LogP contribution in [0.25, 0.3) is 11.1 Å². The number of benzene rings is 3. The molecule has 0 bridgehead atoms. The second kappa shape index (κ2) is 8.17. The molecule has 2 N–H and O–H groups in total. The lowest BCUT2D eigenvalue weighted by atomic mass is 10.0. The van der Waals surface area contributed by atoms with Crippen LogP contribution in [0.1, 0.15) is 29.5 Å². The molecule has 142 valence electrons. The van der Waals surface area contributed by atoms with E-state index in [0.29, 0.717) is 0 Å². The second-order valence-corrected chi connectivity index (χ2v) is 7.67. The Morgan fingerprint density at radius 1 is 1.00 bits per heavy atom. The number of carbonyl (C=O) groups excluding carboxylic acids is 1. The average molecular weight is 392 g/mol. The number of aliphatic hydroxyl groups is 1. The van der Waals surface area contributed by atoms with Gasteiger partial charge in [-0.2, -0.15) is 0 Å². The van der Waals surface area contributed by atoms with Crippen LogP contribution in [0.4, 0.5) is 0 Å². The summed E-state index contributed by atoms with van der Waals surface area (Å²) in [4.78, 5) is 12.7. The summed E-state index contributed by atoms with van der Waals surface area (Å²) < 4.78 is 0. The van der Waals surface area contributed by atoms with E-state index in [4.69, 9.17) is 11.6 Å². The van der Waals surface area contributed by atoms with Crippen molar-refractivity contribution in [1.82, 2.24) is 5.32 Å². The third kappa shape index (κ3) is 4.11. The van der Waals surface area contributed by atoms with E-state index in [-0.39, 0.29) is 30.4 Å². The first-order chi connectivity index (χ1) is 13.7. The topological polar surface area (TPSA) is 49.3 Å². The monoisotopic (exact) mass is 391 g/mol. The number of aliphatic hydroxyl groups excluding tert-OH is 1. The Bertz CT molecular complexity index is 956. The van der Waals surface area contributed by atoms with Crippen LogP contribution >= 0.6 is 11.6 Å². The molecule has 1 aliphatic carbocycles. The predicted molar refractivity (Wildman–Crippen MR) is 112 cm³/mol. The molecule has 3 aromatic rings. The number of rotatable bonds is 6. The van der Waals surface area contributed by atoms with E-state index < -0.39 is 0 Å². The molecule has 28 heavy (non-hydrogen) atoms. The van der Waals surface area contributed by atoms with Crippen molar-refractivity contribution < 1.29 is 9.90 Å². The molecule has 0 spiro atoms. The Balaban J connectivity index is 1.44. The molecule has 0 heterocycles. The predicted octanol–water partition coefficient (Wildman–Crippen LogP) is 4.96. The van der Waals surface area contributed by atoms with Gasteiger partial charge in [-0.25, -0.2) is 0 Å². The Hall–Kier alpha value is -2.62. The van der Waals surface area contributed by atoms with Crippen molar-refractivity contribution in [1.29, 1.82) is 0 Å². The van der Waals surface area contributed by atoms with Gasteiger partial charge in [-0.1, -0.05) is 78.3 Å². The third-order valence-corrected chi connectivity index (χ3v) is 5.57. The van der Waals surface area contributed by atoms with E-state index in [1.807, 2.05) is 60.7 Å². The molecule has 1 aliphatic rings. The van der Waals surface area contributed by atoms with Crippen molar-refractivity contribution in [3.05, 3.63) is 95.0 Å². The zero-order valence-electron chi connectivity index (χ0n) is 15.4. The lowest BCUT2D eigenvalue weighted by Crippen LogP contribution is -2.32. The van der Waals surface area contributed by atoms with Gasteiger partial charge in [0, 0.05) is 10.9 Å². The fraction of sp³-hybridized carbons (Fsp3) is 0.208. The highest BCUT2D eigenvalue weighted by Gasteiger charge is 2.44. The molecule has 3 aromatic carbocycles. The fourth-order valence-corrected chi connectivity index (χ4v) is 3.77. The van der Waals surface area contributed by atoms with E-state index in [2.05, 4.69) is 23.5 Å². The fourth-order valence-electron chi connectivity index (χ4n) is 3.64.